The summed E-state index contributed by atoms with van der Waals surface area (Å²) in [6.07, 6.45) is 12.3. The Morgan fingerprint density at radius 1 is 0.548 bits per heavy atom. The molecule has 0 spiro atoms. The van der Waals surface area contributed by atoms with Crippen LogP contribution in [-0.4, -0.2) is 45.5 Å². The van der Waals surface area contributed by atoms with E-state index in [-0.39, 0.29) is 32.2 Å². The summed E-state index contributed by atoms with van der Waals surface area (Å²) in [5.74, 6) is -0.207. The van der Waals surface area contributed by atoms with Gasteiger partial charge in [0.15, 0.2) is 0 Å². The third-order valence-corrected chi connectivity index (χ3v) is 6.89. The van der Waals surface area contributed by atoms with Crippen LogP contribution in [0.15, 0.2) is 14.4 Å². The van der Waals surface area contributed by atoms with Gasteiger partial charge < -0.3 is 14.8 Å². The molecule has 0 unspecified atom stereocenters. The first kappa shape index (κ1) is 37.2. The SMILES string of the molecule is [CH2]CCCCCCn1c(=O)n(CCCCCCCC(=O)OCC[CH2])c(=O)n(CCCCCCNC(=O)OCC[CH2])c1=O. The lowest BCUT2D eigenvalue weighted by atomic mass is 10.1. The number of alkyl carbamates (subject to hydrolysis) is 1. The Morgan fingerprint density at radius 2 is 0.976 bits per heavy atom. The summed E-state index contributed by atoms with van der Waals surface area (Å²) in [4.78, 5) is 62.6. The maximum atomic E-state index is 13.2. The largest absolute Gasteiger partial charge is 0.466 e. The topological polar surface area (TPSA) is 131 Å². The molecule has 3 radical (unpaired) electrons. The number of hydrogen-bond acceptors (Lipinski definition) is 7. The quantitative estimate of drug-likeness (QED) is 0.130. The maximum Gasteiger partial charge on any atom is 0.407 e. The van der Waals surface area contributed by atoms with Crippen molar-refractivity contribution in [2.24, 2.45) is 0 Å². The van der Waals surface area contributed by atoms with Gasteiger partial charge in [0.25, 0.3) is 0 Å². The summed E-state index contributed by atoms with van der Waals surface area (Å²) in [7, 11) is 0. The molecule has 11 nitrogen and oxygen atoms in total. The number of unbranched alkanes of at least 4 members (excludes halogenated alkanes) is 11. The van der Waals surface area contributed by atoms with E-state index >= 15 is 0 Å². The van der Waals surface area contributed by atoms with Crippen molar-refractivity contribution in [1.82, 2.24) is 19.0 Å². The Hall–Kier alpha value is -2.85. The average Bonchev–Trinajstić information content (AvgIpc) is 2.98. The Morgan fingerprint density at radius 3 is 1.48 bits per heavy atom. The smallest absolute Gasteiger partial charge is 0.407 e. The van der Waals surface area contributed by atoms with E-state index in [0.29, 0.717) is 51.7 Å². The van der Waals surface area contributed by atoms with E-state index in [1.54, 1.807) is 0 Å². The van der Waals surface area contributed by atoms with Gasteiger partial charge in [-0.05, 0) is 58.8 Å². The summed E-state index contributed by atoms with van der Waals surface area (Å²) in [5.41, 5.74) is -1.64. The second-order valence-electron chi connectivity index (χ2n) is 10.5. The van der Waals surface area contributed by atoms with E-state index in [1.807, 2.05) is 0 Å². The molecule has 1 aromatic heterocycles. The van der Waals surface area contributed by atoms with Crippen LogP contribution in [0, 0.1) is 20.8 Å². The number of amides is 1. The Balaban J connectivity index is 2.71. The Labute approximate surface area is 251 Å². The van der Waals surface area contributed by atoms with Gasteiger partial charge in [-0.15, -0.1) is 0 Å². The molecule has 0 saturated heterocycles. The number of hydrogen-bond donors (Lipinski definition) is 1. The van der Waals surface area contributed by atoms with E-state index in [9.17, 15) is 24.0 Å². The molecule has 239 valence electrons. The fourth-order valence-corrected chi connectivity index (χ4v) is 4.54. The lowest BCUT2D eigenvalue weighted by Gasteiger charge is -2.14. The molecule has 1 aromatic rings. The first-order valence-corrected chi connectivity index (χ1v) is 15.8. The predicted octanol–water partition coefficient (Wildman–Crippen LogP) is 4.58. The molecule has 11 heteroatoms. The summed E-state index contributed by atoms with van der Waals surface area (Å²) in [6.45, 7) is 13.0. The van der Waals surface area contributed by atoms with Crippen LogP contribution >= 0.6 is 0 Å². The van der Waals surface area contributed by atoms with Gasteiger partial charge in [-0.1, -0.05) is 64.7 Å². The van der Waals surface area contributed by atoms with Gasteiger partial charge in [0.1, 0.15) is 0 Å². The molecule has 0 aliphatic heterocycles. The fourth-order valence-electron chi connectivity index (χ4n) is 4.54. The van der Waals surface area contributed by atoms with Crippen LogP contribution in [0.25, 0.3) is 0 Å². The van der Waals surface area contributed by atoms with Gasteiger partial charge in [-0.25, -0.2) is 32.9 Å². The van der Waals surface area contributed by atoms with Crippen molar-refractivity contribution in [3.63, 3.8) is 0 Å². The minimum absolute atomic E-state index is 0.207. The van der Waals surface area contributed by atoms with Crippen LogP contribution in [0.3, 0.4) is 0 Å². The molecule has 0 fully saturated rings. The molecule has 1 rings (SSSR count). The number of esters is 1. The lowest BCUT2D eigenvalue weighted by Crippen LogP contribution is -2.54. The van der Waals surface area contributed by atoms with Crippen LogP contribution < -0.4 is 22.4 Å². The molecule has 0 bridgehead atoms. The van der Waals surface area contributed by atoms with Crippen molar-refractivity contribution >= 4 is 12.1 Å². The summed E-state index contributed by atoms with van der Waals surface area (Å²) in [6, 6.07) is 0. The zero-order valence-electron chi connectivity index (χ0n) is 25.6. The number of aromatic nitrogens is 3. The second kappa shape index (κ2) is 23.7. The number of nitrogens with one attached hydrogen (secondary N) is 1. The second-order valence-corrected chi connectivity index (χ2v) is 10.5. The minimum atomic E-state index is -0.554. The van der Waals surface area contributed by atoms with Gasteiger partial charge in [0, 0.05) is 32.6 Å². The lowest BCUT2D eigenvalue weighted by molar-refractivity contribution is -0.143. The molecule has 1 heterocycles. The highest BCUT2D eigenvalue weighted by Crippen LogP contribution is 2.07. The normalized spacial score (nSPS) is 11.0. The van der Waals surface area contributed by atoms with Crippen molar-refractivity contribution in [1.29, 1.82) is 0 Å². The zero-order valence-corrected chi connectivity index (χ0v) is 25.6. The number of nitrogens with zero attached hydrogens (tertiary/aromatic N) is 3. The molecular formula is C31H53N4O7. The highest BCUT2D eigenvalue weighted by molar-refractivity contribution is 5.69. The fraction of sp³-hybridized carbons (Fsp3) is 0.742. The van der Waals surface area contributed by atoms with Gasteiger partial charge in [-0.3, -0.25) is 4.79 Å². The van der Waals surface area contributed by atoms with Crippen molar-refractivity contribution in [2.75, 3.05) is 19.8 Å². The molecule has 0 aromatic carbocycles. The molecular weight excluding hydrogens is 540 g/mol. The van der Waals surface area contributed by atoms with Crippen LogP contribution in [0.5, 0.6) is 0 Å². The molecule has 42 heavy (non-hydrogen) atoms. The number of rotatable bonds is 25. The van der Waals surface area contributed by atoms with Crippen LogP contribution in [0.2, 0.25) is 0 Å². The predicted molar refractivity (Wildman–Crippen MR) is 164 cm³/mol. The standard InChI is InChI=1S/C31H53N4O7/c1-4-7-8-12-17-22-33-29(38)34(23-18-13-9-10-15-20-27(36)41-25-5-2)31(40)35(30(33)39)24-19-14-11-16-21-32-28(37)42-26-6-3/h1-26H2,(H,32,37). The van der Waals surface area contributed by atoms with Crippen molar-refractivity contribution < 1.29 is 19.1 Å². The highest BCUT2D eigenvalue weighted by Gasteiger charge is 2.15. The summed E-state index contributed by atoms with van der Waals surface area (Å²) >= 11 is 0. The van der Waals surface area contributed by atoms with Crippen LogP contribution in [0.1, 0.15) is 109 Å². The zero-order chi connectivity index (χ0) is 31.0. The van der Waals surface area contributed by atoms with Crippen molar-refractivity contribution in [3.05, 3.63) is 52.2 Å². The summed E-state index contributed by atoms with van der Waals surface area (Å²) < 4.78 is 13.6. The van der Waals surface area contributed by atoms with Gasteiger partial charge in [0.2, 0.25) is 0 Å². The van der Waals surface area contributed by atoms with Gasteiger partial charge in [0.05, 0.1) is 13.2 Å². The first-order valence-electron chi connectivity index (χ1n) is 15.8. The molecule has 1 N–H and O–H groups in total. The monoisotopic (exact) mass is 593 g/mol. The molecule has 0 aliphatic rings. The van der Waals surface area contributed by atoms with Crippen LogP contribution in [-0.2, 0) is 33.9 Å². The van der Waals surface area contributed by atoms with E-state index in [0.717, 1.165) is 70.6 Å². The molecule has 0 saturated carbocycles. The highest BCUT2D eigenvalue weighted by atomic mass is 16.5. The third-order valence-electron chi connectivity index (χ3n) is 6.89. The number of carbonyl (C=O) groups is 2. The molecule has 1 amide bonds. The minimum Gasteiger partial charge on any atom is -0.466 e. The van der Waals surface area contributed by atoms with Gasteiger partial charge in [-0.2, -0.15) is 0 Å². The van der Waals surface area contributed by atoms with Gasteiger partial charge >= 0.3 is 29.1 Å². The van der Waals surface area contributed by atoms with E-state index in [2.05, 4.69) is 26.1 Å². The van der Waals surface area contributed by atoms with E-state index in [4.69, 9.17) is 9.47 Å². The molecule has 0 atom stereocenters. The first-order chi connectivity index (χ1) is 20.4. The molecule has 0 aliphatic carbocycles. The van der Waals surface area contributed by atoms with E-state index in [1.165, 1.54) is 13.7 Å². The number of carbonyl (C=O) groups excluding carboxylic acids is 2. The average molecular weight is 594 g/mol. The third kappa shape index (κ3) is 15.4. The Bertz CT molecular complexity index is 989. The van der Waals surface area contributed by atoms with Crippen LogP contribution in [0.4, 0.5) is 4.79 Å². The Kier molecular flexibility index (Phi) is 21.0. The van der Waals surface area contributed by atoms with Crippen molar-refractivity contribution in [3.8, 4) is 0 Å². The summed E-state index contributed by atoms with van der Waals surface area (Å²) in [5, 5.41) is 2.68. The number of ether oxygens (including phenoxy) is 2. The van der Waals surface area contributed by atoms with Crippen molar-refractivity contribution in [2.45, 2.75) is 129 Å². The van der Waals surface area contributed by atoms with E-state index < -0.39 is 23.2 Å². The maximum absolute atomic E-state index is 13.2.